The van der Waals surface area contributed by atoms with Gasteiger partial charge in [0.25, 0.3) is 5.91 Å². The summed E-state index contributed by atoms with van der Waals surface area (Å²) in [5.74, 6) is -1.61. The molecule has 6 heteroatoms. The first kappa shape index (κ1) is 19.6. The Morgan fingerprint density at radius 3 is 2.54 bits per heavy atom. The molecular formula is C22H24N2O4. The number of hydrogen-bond acceptors (Lipinski definition) is 4. The van der Waals surface area contributed by atoms with Crippen molar-refractivity contribution in [1.82, 2.24) is 0 Å². The number of amides is 2. The number of para-hydroxylation sites is 1. The van der Waals surface area contributed by atoms with Crippen LogP contribution in [0.15, 0.2) is 48.5 Å². The number of anilines is 2. The smallest absolute Gasteiger partial charge is 0.311 e. The summed E-state index contributed by atoms with van der Waals surface area (Å²) < 4.78 is 5.14. The van der Waals surface area contributed by atoms with Crippen molar-refractivity contribution < 1.29 is 19.1 Å². The van der Waals surface area contributed by atoms with Gasteiger partial charge in [-0.05, 0) is 42.7 Å². The summed E-state index contributed by atoms with van der Waals surface area (Å²) >= 11 is 0. The van der Waals surface area contributed by atoms with E-state index in [4.69, 9.17) is 4.74 Å². The van der Waals surface area contributed by atoms with Crippen molar-refractivity contribution in [2.45, 2.75) is 26.7 Å². The summed E-state index contributed by atoms with van der Waals surface area (Å²) in [5.41, 5.74) is 3.60. The van der Waals surface area contributed by atoms with Gasteiger partial charge in [-0.2, -0.15) is 0 Å². The van der Waals surface area contributed by atoms with Crippen LogP contribution in [-0.4, -0.2) is 30.9 Å². The summed E-state index contributed by atoms with van der Waals surface area (Å²) in [6, 6.07) is 15.0. The number of nitrogens with one attached hydrogen (secondary N) is 1. The second-order valence-corrected chi connectivity index (χ2v) is 6.90. The molecule has 0 bridgehead atoms. The first-order valence-electron chi connectivity index (χ1n) is 9.39. The number of hydrogen-bond donors (Lipinski definition) is 1. The average molecular weight is 380 g/mol. The van der Waals surface area contributed by atoms with Gasteiger partial charge in [0.1, 0.15) is 0 Å². The maximum absolute atomic E-state index is 12.3. The van der Waals surface area contributed by atoms with Crippen molar-refractivity contribution in [3.8, 4) is 0 Å². The molecule has 146 valence electrons. The lowest BCUT2D eigenvalue weighted by Crippen LogP contribution is -2.28. The Labute approximate surface area is 164 Å². The van der Waals surface area contributed by atoms with Crippen molar-refractivity contribution in [1.29, 1.82) is 0 Å². The molecule has 1 aliphatic rings. The third kappa shape index (κ3) is 4.57. The largest absolute Gasteiger partial charge is 0.455 e. The Hall–Kier alpha value is -3.15. The first-order valence-corrected chi connectivity index (χ1v) is 9.39. The monoisotopic (exact) mass is 380 g/mol. The summed E-state index contributed by atoms with van der Waals surface area (Å²) in [6.07, 6.45) is 1.01. The van der Waals surface area contributed by atoms with Crippen molar-refractivity contribution >= 4 is 29.2 Å². The van der Waals surface area contributed by atoms with Gasteiger partial charge in [0.2, 0.25) is 5.91 Å². The normalized spacial score (nSPS) is 16.1. The van der Waals surface area contributed by atoms with E-state index < -0.39 is 17.8 Å². The zero-order valence-corrected chi connectivity index (χ0v) is 16.1. The van der Waals surface area contributed by atoms with Gasteiger partial charge in [0, 0.05) is 24.3 Å². The highest BCUT2D eigenvalue weighted by atomic mass is 16.5. The van der Waals surface area contributed by atoms with E-state index in [0.29, 0.717) is 5.69 Å². The molecule has 1 fully saturated rings. The molecule has 2 aromatic carbocycles. The maximum Gasteiger partial charge on any atom is 0.311 e. The predicted octanol–water partition coefficient (Wildman–Crippen LogP) is 3.09. The fourth-order valence-electron chi connectivity index (χ4n) is 3.24. The molecule has 0 unspecified atom stereocenters. The Kier molecular flexibility index (Phi) is 6.09. The molecule has 0 spiro atoms. The van der Waals surface area contributed by atoms with Gasteiger partial charge >= 0.3 is 5.97 Å². The van der Waals surface area contributed by atoms with Crippen LogP contribution in [0.3, 0.4) is 0 Å². The van der Waals surface area contributed by atoms with Crippen molar-refractivity contribution in [3.63, 3.8) is 0 Å². The highest BCUT2D eigenvalue weighted by Crippen LogP contribution is 2.28. The van der Waals surface area contributed by atoms with Crippen LogP contribution in [0, 0.1) is 12.8 Å². The quantitative estimate of drug-likeness (QED) is 0.782. The minimum atomic E-state index is -0.566. The van der Waals surface area contributed by atoms with Crippen LogP contribution in [0.1, 0.15) is 24.5 Å². The fraction of sp³-hybridized carbons (Fsp3) is 0.318. The van der Waals surface area contributed by atoms with Crippen molar-refractivity contribution in [2.75, 3.05) is 23.4 Å². The topological polar surface area (TPSA) is 75.7 Å². The van der Waals surface area contributed by atoms with Crippen LogP contribution in [-0.2, 0) is 25.5 Å². The lowest BCUT2D eigenvalue weighted by Gasteiger charge is -2.18. The van der Waals surface area contributed by atoms with E-state index in [-0.39, 0.29) is 25.5 Å². The SMILES string of the molecule is CCc1ccc(NC(=O)COC(=O)[C@@H]2CC(=O)N(c3ccccc3C)C2)cc1. The van der Waals surface area contributed by atoms with E-state index in [1.807, 2.05) is 55.5 Å². The molecule has 0 saturated carbocycles. The van der Waals surface area contributed by atoms with E-state index in [1.54, 1.807) is 4.90 Å². The van der Waals surface area contributed by atoms with Crippen LogP contribution in [0.25, 0.3) is 0 Å². The number of carbonyl (C=O) groups is 3. The number of ether oxygens (including phenoxy) is 1. The number of rotatable bonds is 6. The number of esters is 1. The van der Waals surface area contributed by atoms with Gasteiger partial charge in [-0.25, -0.2) is 0 Å². The fourth-order valence-corrected chi connectivity index (χ4v) is 3.24. The number of benzene rings is 2. The number of nitrogens with zero attached hydrogens (tertiary/aromatic N) is 1. The van der Waals surface area contributed by atoms with Gasteiger partial charge in [-0.3, -0.25) is 14.4 Å². The van der Waals surface area contributed by atoms with E-state index in [2.05, 4.69) is 12.2 Å². The summed E-state index contributed by atoms with van der Waals surface area (Å²) in [4.78, 5) is 38.2. The zero-order valence-electron chi connectivity index (χ0n) is 16.1. The lowest BCUT2D eigenvalue weighted by atomic mass is 10.1. The van der Waals surface area contributed by atoms with E-state index in [9.17, 15) is 14.4 Å². The minimum absolute atomic E-state index is 0.0905. The molecule has 0 aliphatic carbocycles. The highest BCUT2D eigenvalue weighted by molar-refractivity contribution is 6.00. The molecule has 1 aliphatic heterocycles. The second-order valence-electron chi connectivity index (χ2n) is 6.90. The van der Waals surface area contributed by atoms with Crippen molar-refractivity contribution in [2.24, 2.45) is 5.92 Å². The Morgan fingerprint density at radius 1 is 1.14 bits per heavy atom. The third-order valence-corrected chi connectivity index (χ3v) is 4.86. The van der Waals surface area contributed by atoms with Gasteiger partial charge in [0.05, 0.1) is 5.92 Å². The lowest BCUT2D eigenvalue weighted by molar-refractivity contribution is -0.151. The van der Waals surface area contributed by atoms with Crippen molar-refractivity contribution in [3.05, 3.63) is 59.7 Å². The molecule has 1 heterocycles. The minimum Gasteiger partial charge on any atom is -0.455 e. The van der Waals surface area contributed by atoms with Crippen LogP contribution in [0.2, 0.25) is 0 Å². The molecule has 1 atom stereocenters. The Morgan fingerprint density at radius 2 is 1.86 bits per heavy atom. The molecule has 2 aromatic rings. The standard InChI is InChI=1S/C22H24N2O4/c1-3-16-8-10-18(11-9-16)23-20(25)14-28-22(27)17-12-21(26)24(13-17)19-7-5-4-6-15(19)2/h4-11,17H,3,12-14H2,1-2H3,(H,23,25)/t17-/m1/s1. The molecule has 28 heavy (non-hydrogen) atoms. The van der Waals surface area contributed by atoms with Gasteiger partial charge in [0.15, 0.2) is 6.61 Å². The molecule has 6 nitrogen and oxygen atoms in total. The summed E-state index contributed by atoms with van der Waals surface area (Å²) in [6.45, 7) is 3.87. The Bertz CT molecular complexity index is 876. The summed E-state index contributed by atoms with van der Waals surface area (Å²) in [5, 5.41) is 2.70. The van der Waals surface area contributed by atoms with Crippen LogP contribution >= 0.6 is 0 Å². The van der Waals surface area contributed by atoms with Gasteiger partial charge in [-0.1, -0.05) is 37.3 Å². The van der Waals surface area contributed by atoms with Crippen LogP contribution < -0.4 is 10.2 Å². The van der Waals surface area contributed by atoms with Gasteiger partial charge in [-0.15, -0.1) is 0 Å². The molecule has 2 amide bonds. The van der Waals surface area contributed by atoms with Crippen LogP contribution in [0.4, 0.5) is 11.4 Å². The van der Waals surface area contributed by atoms with Gasteiger partial charge < -0.3 is 15.0 Å². The average Bonchev–Trinajstić information content (AvgIpc) is 3.08. The molecule has 0 aromatic heterocycles. The number of carbonyl (C=O) groups excluding carboxylic acids is 3. The van der Waals surface area contributed by atoms with E-state index >= 15 is 0 Å². The second kappa shape index (κ2) is 8.69. The molecule has 1 N–H and O–H groups in total. The highest BCUT2D eigenvalue weighted by Gasteiger charge is 2.36. The number of aryl methyl sites for hydroxylation is 2. The maximum atomic E-state index is 12.3. The van der Waals surface area contributed by atoms with Crippen LogP contribution in [0.5, 0.6) is 0 Å². The molecular weight excluding hydrogens is 356 g/mol. The molecule has 0 radical (unpaired) electrons. The van der Waals surface area contributed by atoms with E-state index in [0.717, 1.165) is 17.7 Å². The molecule has 1 saturated heterocycles. The third-order valence-electron chi connectivity index (χ3n) is 4.86. The molecule has 3 rings (SSSR count). The first-order chi connectivity index (χ1) is 13.5. The Balaban J connectivity index is 1.51. The predicted molar refractivity (Wildman–Crippen MR) is 107 cm³/mol. The van der Waals surface area contributed by atoms with E-state index in [1.165, 1.54) is 5.56 Å². The summed E-state index contributed by atoms with van der Waals surface area (Å²) in [7, 11) is 0. The zero-order chi connectivity index (χ0) is 20.1.